The summed E-state index contributed by atoms with van der Waals surface area (Å²) in [5.74, 6) is 0.327. The maximum absolute atomic E-state index is 13.6. The highest BCUT2D eigenvalue weighted by Crippen LogP contribution is 2.33. The van der Waals surface area contributed by atoms with E-state index >= 15 is 0 Å². The number of nitrogens with zero attached hydrogens (tertiary/aromatic N) is 4. The largest absolute Gasteiger partial charge is 0.402 e. The van der Waals surface area contributed by atoms with Crippen LogP contribution in [0.15, 0.2) is 72.8 Å². The van der Waals surface area contributed by atoms with Crippen LogP contribution in [-0.4, -0.2) is 36.2 Å². The van der Waals surface area contributed by atoms with Gasteiger partial charge in [-0.1, -0.05) is 18.2 Å². The highest BCUT2D eigenvalue weighted by atomic mass is 19.1. The Hall–Kier alpha value is -4.79. The number of pyridine rings is 2. The minimum atomic E-state index is -0.288. The van der Waals surface area contributed by atoms with Gasteiger partial charge in [0.15, 0.2) is 5.82 Å². The van der Waals surface area contributed by atoms with Crippen LogP contribution in [-0.2, 0) is 6.42 Å². The molecule has 4 heterocycles. The first-order valence-corrected chi connectivity index (χ1v) is 12.0. The normalized spacial score (nSPS) is 13.3. The lowest BCUT2D eigenvalue weighted by Gasteiger charge is -2.10. The molecule has 6 rings (SSSR count). The first kappa shape index (κ1) is 22.7. The summed E-state index contributed by atoms with van der Waals surface area (Å²) in [7, 11) is 0. The number of nitrogens with one attached hydrogen (secondary N) is 3. The van der Waals surface area contributed by atoms with Crippen LogP contribution in [0, 0.1) is 5.82 Å². The van der Waals surface area contributed by atoms with Gasteiger partial charge in [-0.2, -0.15) is 5.10 Å². The van der Waals surface area contributed by atoms with Crippen molar-refractivity contribution in [3.8, 4) is 22.8 Å². The molecule has 4 aromatic heterocycles. The fraction of sp³-hybridized carbons (Fsp3) is 0.143. The number of allylic oxidation sites excluding steroid dienone is 3. The number of fused-ring (bicyclic) bond motifs is 2. The third-order valence-electron chi connectivity index (χ3n) is 6.19. The van der Waals surface area contributed by atoms with E-state index in [0.717, 1.165) is 50.4 Å². The lowest BCUT2D eigenvalue weighted by atomic mass is 10.0. The summed E-state index contributed by atoms with van der Waals surface area (Å²) in [4.78, 5) is 17.4. The van der Waals surface area contributed by atoms with Crippen LogP contribution < -0.4 is 11.1 Å². The Balaban J connectivity index is 1.43. The zero-order chi connectivity index (χ0) is 25.5. The van der Waals surface area contributed by atoms with Crippen molar-refractivity contribution in [2.24, 2.45) is 5.73 Å². The van der Waals surface area contributed by atoms with Crippen molar-refractivity contribution in [1.82, 2.24) is 30.1 Å². The van der Waals surface area contributed by atoms with Gasteiger partial charge in [0.05, 0.1) is 28.8 Å². The van der Waals surface area contributed by atoms with Crippen LogP contribution in [0.2, 0.25) is 0 Å². The Morgan fingerprint density at radius 3 is 2.65 bits per heavy atom. The quantitative estimate of drug-likeness (QED) is 0.268. The van der Waals surface area contributed by atoms with E-state index in [1.807, 2.05) is 24.3 Å². The van der Waals surface area contributed by atoms with E-state index in [1.165, 1.54) is 12.1 Å². The number of aromatic amines is 2. The zero-order valence-electron chi connectivity index (χ0n) is 20.4. The summed E-state index contributed by atoms with van der Waals surface area (Å²) in [5, 5.41) is 11.9. The molecule has 1 aromatic carbocycles. The van der Waals surface area contributed by atoms with Crippen LogP contribution in [0.25, 0.3) is 39.3 Å². The van der Waals surface area contributed by atoms with Crippen molar-refractivity contribution in [2.75, 3.05) is 5.32 Å². The summed E-state index contributed by atoms with van der Waals surface area (Å²) < 4.78 is 13.6. The van der Waals surface area contributed by atoms with E-state index in [4.69, 9.17) is 10.7 Å². The number of H-pyrrole nitrogens is 2. The van der Waals surface area contributed by atoms with Gasteiger partial charge < -0.3 is 16.0 Å². The molecule has 0 unspecified atom stereocenters. The maximum atomic E-state index is 13.6. The average Bonchev–Trinajstić information content (AvgIpc) is 3.45. The van der Waals surface area contributed by atoms with Crippen LogP contribution in [0.4, 0.5) is 10.1 Å². The molecule has 0 fully saturated rings. The van der Waals surface area contributed by atoms with E-state index in [1.54, 1.807) is 30.7 Å². The standard InChI is InChI=1S/C28H25FN8/c1-15(2)33-20-9-17(12-31-13-20)23-11-22-25(14-32-23)36-37-27(22)28-34-24-10-19(30)7-8-21(26(24)35-28)16-3-5-18(29)6-4-16/h3-9,11-15,33H,10,30H2,1-2H3,(H,34,35)(H,36,37). The highest BCUT2D eigenvalue weighted by Gasteiger charge is 2.22. The summed E-state index contributed by atoms with van der Waals surface area (Å²) in [6.45, 7) is 4.17. The van der Waals surface area contributed by atoms with Crippen molar-refractivity contribution < 1.29 is 4.39 Å². The fourth-order valence-electron chi connectivity index (χ4n) is 4.51. The molecule has 0 spiro atoms. The number of anilines is 1. The number of halogens is 1. The number of benzene rings is 1. The molecule has 1 aliphatic carbocycles. The van der Waals surface area contributed by atoms with Crippen molar-refractivity contribution in [1.29, 1.82) is 0 Å². The predicted molar refractivity (Wildman–Crippen MR) is 143 cm³/mol. The summed E-state index contributed by atoms with van der Waals surface area (Å²) in [5.41, 5.74) is 14.4. The molecule has 0 atom stereocenters. The molecule has 9 heteroatoms. The molecule has 0 aliphatic heterocycles. The van der Waals surface area contributed by atoms with Crippen LogP contribution >= 0.6 is 0 Å². The molecule has 0 saturated carbocycles. The number of hydrogen-bond acceptors (Lipinski definition) is 6. The first-order chi connectivity index (χ1) is 17.9. The minimum Gasteiger partial charge on any atom is -0.402 e. The molecule has 184 valence electrons. The average molecular weight is 493 g/mol. The molecular weight excluding hydrogens is 467 g/mol. The Morgan fingerprint density at radius 2 is 1.84 bits per heavy atom. The predicted octanol–water partition coefficient (Wildman–Crippen LogP) is 5.20. The van der Waals surface area contributed by atoms with Gasteiger partial charge in [-0.15, -0.1) is 0 Å². The molecule has 0 saturated heterocycles. The van der Waals surface area contributed by atoms with Gasteiger partial charge in [0.2, 0.25) is 0 Å². The number of hydrogen-bond donors (Lipinski definition) is 4. The molecule has 0 radical (unpaired) electrons. The second kappa shape index (κ2) is 9.02. The van der Waals surface area contributed by atoms with Gasteiger partial charge >= 0.3 is 0 Å². The Labute approximate surface area is 212 Å². The Kier molecular flexibility index (Phi) is 5.52. The molecular formula is C28H25FN8. The van der Waals surface area contributed by atoms with Gasteiger partial charge in [0, 0.05) is 52.8 Å². The van der Waals surface area contributed by atoms with Crippen molar-refractivity contribution >= 4 is 22.2 Å². The third-order valence-corrected chi connectivity index (χ3v) is 6.19. The number of imidazole rings is 1. The number of rotatable bonds is 5. The van der Waals surface area contributed by atoms with Gasteiger partial charge in [-0.25, -0.2) is 9.37 Å². The SMILES string of the molecule is CC(C)Nc1cncc(-c2cc3c(-c4nc5c([nH]4)CC(N)=CC=C5c4ccc(F)cc4)n[nH]c3cn2)c1. The van der Waals surface area contributed by atoms with E-state index in [-0.39, 0.29) is 5.82 Å². The van der Waals surface area contributed by atoms with Crippen LogP contribution in [0.1, 0.15) is 30.8 Å². The molecule has 37 heavy (non-hydrogen) atoms. The monoisotopic (exact) mass is 492 g/mol. The lowest BCUT2D eigenvalue weighted by molar-refractivity contribution is 0.627. The van der Waals surface area contributed by atoms with Crippen LogP contribution in [0.5, 0.6) is 0 Å². The van der Waals surface area contributed by atoms with Gasteiger partial charge in [-0.05, 0) is 49.8 Å². The molecule has 5 aromatic rings. The van der Waals surface area contributed by atoms with Crippen molar-refractivity contribution in [2.45, 2.75) is 26.3 Å². The zero-order valence-corrected chi connectivity index (χ0v) is 20.4. The summed E-state index contributed by atoms with van der Waals surface area (Å²) in [6.07, 6.45) is 9.67. The van der Waals surface area contributed by atoms with Gasteiger partial charge in [-0.3, -0.25) is 15.1 Å². The third kappa shape index (κ3) is 4.35. The minimum absolute atomic E-state index is 0.288. The topological polar surface area (TPSA) is 121 Å². The Bertz CT molecular complexity index is 1670. The second-order valence-corrected chi connectivity index (χ2v) is 9.37. The van der Waals surface area contributed by atoms with Crippen LogP contribution in [0.3, 0.4) is 0 Å². The van der Waals surface area contributed by atoms with Crippen molar-refractivity contribution in [3.05, 3.63) is 95.6 Å². The second-order valence-electron chi connectivity index (χ2n) is 9.37. The molecule has 0 bridgehead atoms. The van der Waals surface area contributed by atoms with E-state index < -0.39 is 0 Å². The van der Waals surface area contributed by atoms with Gasteiger partial charge in [0.1, 0.15) is 11.5 Å². The van der Waals surface area contributed by atoms with E-state index in [9.17, 15) is 4.39 Å². The number of nitrogens with two attached hydrogens (primary N) is 1. The van der Waals surface area contributed by atoms with Crippen molar-refractivity contribution in [3.63, 3.8) is 0 Å². The highest BCUT2D eigenvalue weighted by molar-refractivity contribution is 5.93. The smallest absolute Gasteiger partial charge is 0.159 e. The van der Waals surface area contributed by atoms with E-state index in [2.05, 4.69) is 44.3 Å². The maximum Gasteiger partial charge on any atom is 0.159 e. The van der Waals surface area contributed by atoms with E-state index in [0.29, 0.717) is 29.7 Å². The molecule has 5 N–H and O–H groups in total. The Morgan fingerprint density at radius 1 is 1.00 bits per heavy atom. The first-order valence-electron chi connectivity index (χ1n) is 12.0. The fourth-order valence-corrected chi connectivity index (χ4v) is 4.51. The van der Waals surface area contributed by atoms with Gasteiger partial charge in [0.25, 0.3) is 0 Å². The summed E-state index contributed by atoms with van der Waals surface area (Å²) >= 11 is 0. The number of aromatic nitrogens is 6. The summed E-state index contributed by atoms with van der Waals surface area (Å²) in [6, 6.07) is 10.7. The molecule has 1 aliphatic rings. The molecule has 8 nitrogen and oxygen atoms in total. The molecule has 0 amide bonds. The lowest BCUT2D eigenvalue weighted by Crippen LogP contribution is -2.09.